The molecule has 1 aliphatic rings. The van der Waals surface area contributed by atoms with E-state index in [0.717, 1.165) is 24.3 Å². The van der Waals surface area contributed by atoms with E-state index in [9.17, 15) is 30.0 Å². The van der Waals surface area contributed by atoms with Gasteiger partial charge in [-0.2, -0.15) is 0 Å². The lowest BCUT2D eigenvalue weighted by atomic mass is 10.3. The zero-order valence-corrected chi connectivity index (χ0v) is 14.2. The van der Waals surface area contributed by atoms with Crippen LogP contribution in [0.1, 0.15) is 25.7 Å². The Kier molecular flexibility index (Phi) is 5.26. The van der Waals surface area contributed by atoms with E-state index in [1.54, 1.807) is 0 Å². The number of benzene rings is 1. The van der Waals surface area contributed by atoms with Crippen LogP contribution in [0.4, 0.5) is 13.2 Å². The van der Waals surface area contributed by atoms with Gasteiger partial charge in [0.25, 0.3) is 19.7 Å². The van der Waals surface area contributed by atoms with E-state index >= 15 is 0 Å². The minimum atomic E-state index is -4.95. The van der Waals surface area contributed by atoms with Crippen LogP contribution in [0, 0.1) is 0 Å². The van der Waals surface area contributed by atoms with E-state index in [2.05, 4.69) is 9.53 Å². The molecule has 0 radical (unpaired) electrons. The lowest BCUT2D eigenvalue weighted by molar-refractivity contribution is -0.274. The van der Waals surface area contributed by atoms with Gasteiger partial charge in [-0.3, -0.25) is 0 Å². The van der Waals surface area contributed by atoms with Crippen molar-refractivity contribution < 1.29 is 39.5 Å². The highest BCUT2D eigenvalue weighted by Crippen LogP contribution is 2.29. The highest BCUT2D eigenvalue weighted by Gasteiger charge is 2.48. The summed E-state index contributed by atoms with van der Waals surface area (Å²) in [6.45, 7) is 0. The molecule has 1 aromatic rings. The Morgan fingerprint density at radius 1 is 1.08 bits per heavy atom. The molecule has 0 bridgehead atoms. The van der Waals surface area contributed by atoms with E-state index < -0.39 is 46.3 Å². The predicted molar refractivity (Wildman–Crippen MR) is 80.1 cm³/mol. The van der Waals surface area contributed by atoms with Crippen molar-refractivity contribution in [1.82, 2.24) is 0 Å². The molecule has 25 heavy (non-hydrogen) atoms. The van der Waals surface area contributed by atoms with Crippen molar-refractivity contribution >= 4 is 24.1 Å². The van der Waals surface area contributed by atoms with Crippen molar-refractivity contribution in [3.8, 4) is 5.75 Å². The van der Waals surface area contributed by atoms with Gasteiger partial charge in [0.1, 0.15) is 5.75 Å². The molecule has 138 valence electrons. The maximum atomic E-state index is 12.4. The van der Waals surface area contributed by atoms with Gasteiger partial charge in [-0.15, -0.1) is 18.0 Å². The van der Waals surface area contributed by atoms with Crippen molar-refractivity contribution in [3.05, 3.63) is 29.8 Å². The minimum absolute atomic E-state index is 0.245. The third-order valence-corrected chi connectivity index (χ3v) is 8.37. The fraction of sp³-hybridized carbons (Fsp3) is 0.462. The summed E-state index contributed by atoms with van der Waals surface area (Å²) >= 11 is 0. The first-order valence-corrected chi connectivity index (χ1v) is 10.1. The molecule has 2 rings (SSSR count). The van der Waals surface area contributed by atoms with Gasteiger partial charge in [-0.25, -0.2) is 16.8 Å². The van der Waals surface area contributed by atoms with Crippen LogP contribution in [0.3, 0.4) is 0 Å². The Morgan fingerprint density at radius 3 is 2.04 bits per heavy atom. The van der Waals surface area contributed by atoms with Crippen LogP contribution in [-0.4, -0.2) is 37.6 Å². The number of hydrogen-bond donors (Lipinski definition) is 0. The molecule has 7 nitrogen and oxygen atoms in total. The summed E-state index contributed by atoms with van der Waals surface area (Å²) in [5, 5.41) is -0.971. The fourth-order valence-corrected chi connectivity index (χ4v) is 6.60. The van der Waals surface area contributed by atoms with E-state index in [1.807, 2.05) is 0 Å². The number of sulfone groups is 2. The maximum Gasteiger partial charge on any atom is 0.573 e. The van der Waals surface area contributed by atoms with Gasteiger partial charge in [0.2, 0.25) is 0 Å². The zero-order chi connectivity index (χ0) is 18.9. The summed E-state index contributed by atoms with van der Waals surface area (Å²) in [4.78, 5) is 1.84. The number of ether oxygens (including phenoxy) is 1. The number of alkyl halides is 3. The third-order valence-electron chi connectivity index (χ3n) is 3.66. The summed E-state index contributed by atoms with van der Waals surface area (Å²) in [5.41, 5.74) is 8.98. The van der Waals surface area contributed by atoms with Gasteiger partial charge in [-0.05, 0) is 37.1 Å². The Bertz CT molecular complexity index is 896. The minimum Gasteiger partial charge on any atom is -0.406 e. The van der Waals surface area contributed by atoms with Crippen LogP contribution in [0.5, 0.6) is 5.75 Å². The van der Waals surface area contributed by atoms with Gasteiger partial charge in [-0.1, -0.05) is 12.8 Å². The highest BCUT2D eigenvalue weighted by atomic mass is 32.3. The molecule has 0 unspecified atom stereocenters. The van der Waals surface area contributed by atoms with Crippen LogP contribution in [0.25, 0.3) is 5.53 Å². The average Bonchev–Trinajstić information content (AvgIpc) is 3.01. The second-order valence-corrected chi connectivity index (χ2v) is 9.61. The van der Waals surface area contributed by atoms with E-state index in [-0.39, 0.29) is 12.8 Å². The summed E-state index contributed by atoms with van der Waals surface area (Å²) in [5.74, 6) is -0.674. The van der Waals surface area contributed by atoms with Gasteiger partial charge in [0.05, 0.1) is 10.1 Å². The van der Waals surface area contributed by atoms with Gasteiger partial charge < -0.3 is 10.3 Å². The SMILES string of the molecule is [N-]=[N+]=C(S(=O)(=O)c1ccc(OC(F)(F)F)cc1)S(=O)(=O)C1CCCC1. The van der Waals surface area contributed by atoms with Crippen molar-refractivity contribution in [2.24, 2.45) is 0 Å². The first-order valence-electron chi connectivity index (χ1n) is 7.05. The Balaban J connectivity index is 2.38. The van der Waals surface area contributed by atoms with Crippen molar-refractivity contribution in [3.63, 3.8) is 0 Å². The molecule has 1 fully saturated rings. The molecular weight excluding hydrogens is 385 g/mol. The van der Waals surface area contributed by atoms with E-state index in [0.29, 0.717) is 12.8 Å². The number of halogens is 3. The molecule has 0 spiro atoms. The maximum absolute atomic E-state index is 12.4. The van der Waals surface area contributed by atoms with Gasteiger partial charge in [0, 0.05) is 0 Å². The topological polar surface area (TPSA) is 114 Å². The quantitative estimate of drug-likeness (QED) is 0.335. The largest absolute Gasteiger partial charge is 0.573 e. The smallest absolute Gasteiger partial charge is 0.406 e. The van der Waals surface area contributed by atoms with E-state index in [4.69, 9.17) is 5.53 Å². The van der Waals surface area contributed by atoms with Crippen molar-refractivity contribution in [1.29, 1.82) is 0 Å². The first-order chi connectivity index (χ1) is 11.5. The van der Waals surface area contributed by atoms with Crippen LogP contribution in [0.15, 0.2) is 29.2 Å². The summed E-state index contributed by atoms with van der Waals surface area (Å²) in [7, 11) is -9.13. The average molecular weight is 398 g/mol. The van der Waals surface area contributed by atoms with Crippen LogP contribution >= 0.6 is 0 Å². The normalized spacial score (nSPS) is 16.4. The monoisotopic (exact) mass is 398 g/mol. The van der Waals surface area contributed by atoms with Crippen molar-refractivity contribution in [2.45, 2.75) is 42.2 Å². The van der Waals surface area contributed by atoms with Crippen LogP contribution < -0.4 is 4.74 Å². The Morgan fingerprint density at radius 2 is 1.60 bits per heavy atom. The molecule has 0 atom stereocenters. The molecule has 0 aliphatic heterocycles. The standard InChI is InChI=1S/C13H13F3N2O5S2/c14-13(15,16)23-9-5-7-11(8-6-9)25(21,22)12(18-17)24(19,20)10-3-1-2-4-10/h5-8,10H,1-4H2. The molecule has 0 N–H and O–H groups in total. The lowest BCUT2D eigenvalue weighted by Gasteiger charge is -2.10. The number of nitrogens with zero attached hydrogens (tertiary/aromatic N) is 2. The molecule has 0 amide bonds. The van der Waals surface area contributed by atoms with Gasteiger partial charge >= 0.3 is 10.7 Å². The first kappa shape index (κ1) is 19.4. The highest BCUT2D eigenvalue weighted by molar-refractivity contribution is 8.31. The molecule has 12 heteroatoms. The third kappa shape index (κ3) is 4.20. The molecule has 1 aromatic carbocycles. The van der Waals surface area contributed by atoms with Crippen molar-refractivity contribution in [2.75, 3.05) is 0 Å². The molecule has 1 saturated carbocycles. The predicted octanol–water partition coefficient (Wildman–Crippen LogP) is 2.30. The summed E-state index contributed by atoms with van der Waals surface area (Å²) in [6, 6.07) is 2.92. The van der Waals surface area contributed by atoms with Gasteiger partial charge in [0.15, 0.2) is 0 Å². The Labute approximate surface area is 141 Å². The molecule has 1 aliphatic carbocycles. The Hall–Kier alpha value is -1.91. The second-order valence-electron chi connectivity index (χ2n) is 5.34. The lowest BCUT2D eigenvalue weighted by Crippen LogP contribution is -2.33. The van der Waals surface area contributed by atoms with E-state index in [1.165, 1.54) is 0 Å². The number of hydrogen-bond acceptors (Lipinski definition) is 5. The number of rotatable bonds is 3. The summed E-state index contributed by atoms with van der Waals surface area (Å²) < 4.78 is 88.2. The fourth-order valence-electron chi connectivity index (χ4n) is 2.53. The molecule has 0 aromatic heterocycles. The molecule has 0 heterocycles. The van der Waals surface area contributed by atoms with Crippen LogP contribution in [-0.2, 0) is 19.7 Å². The molecule has 0 saturated heterocycles. The summed E-state index contributed by atoms with van der Waals surface area (Å²) in [6.07, 6.45) is -3.26. The zero-order valence-electron chi connectivity index (χ0n) is 12.6. The molecular formula is C13H13F3N2O5S2. The second kappa shape index (κ2) is 6.77. The van der Waals surface area contributed by atoms with Crippen LogP contribution in [0.2, 0.25) is 0 Å².